The Balaban J connectivity index is 0.00000529. The summed E-state index contributed by atoms with van der Waals surface area (Å²) in [5, 5.41) is 0. The fraction of sp³-hybridized carbons (Fsp3) is 0.889. The molecule has 1 heterocycles. The zero-order chi connectivity index (χ0) is 17.2. The first-order valence-corrected chi connectivity index (χ1v) is 9.30. The predicted molar refractivity (Wildman–Crippen MR) is 101 cm³/mol. The average Bonchev–Trinajstić information content (AvgIpc) is 2.54. The van der Waals surface area contributed by atoms with Crippen LogP contribution >= 0.6 is 12.4 Å². The molecule has 1 fully saturated rings. The van der Waals surface area contributed by atoms with Crippen LogP contribution in [0.25, 0.3) is 0 Å². The number of carbonyl (C=O) groups is 2. The second kappa shape index (κ2) is 12.5. The molecule has 0 aromatic rings. The number of halogens is 1. The van der Waals surface area contributed by atoms with Crippen LogP contribution in [0.5, 0.6) is 0 Å². The molecule has 24 heavy (non-hydrogen) atoms. The van der Waals surface area contributed by atoms with E-state index in [2.05, 4.69) is 13.8 Å². The van der Waals surface area contributed by atoms with Gasteiger partial charge < -0.3 is 15.5 Å². The summed E-state index contributed by atoms with van der Waals surface area (Å²) in [6.45, 7) is 9.51. The Bertz CT molecular complexity index is 363. The summed E-state index contributed by atoms with van der Waals surface area (Å²) in [5.41, 5.74) is 5.93. The van der Waals surface area contributed by atoms with Gasteiger partial charge in [0.1, 0.15) is 0 Å². The number of hydrogen-bond acceptors (Lipinski definition) is 3. The summed E-state index contributed by atoms with van der Waals surface area (Å²) < 4.78 is 0. The first kappa shape index (κ1) is 23.2. The first-order valence-electron chi connectivity index (χ1n) is 9.30. The van der Waals surface area contributed by atoms with Crippen molar-refractivity contribution in [3.8, 4) is 0 Å². The lowest BCUT2D eigenvalue weighted by Gasteiger charge is -2.33. The zero-order valence-electron chi connectivity index (χ0n) is 15.6. The van der Waals surface area contributed by atoms with E-state index in [1.807, 2.05) is 16.7 Å². The van der Waals surface area contributed by atoms with Crippen LogP contribution in [0, 0.1) is 5.92 Å². The van der Waals surface area contributed by atoms with E-state index < -0.39 is 0 Å². The molecular weight excluding hydrogens is 326 g/mol. The van der Waals surface area contributed by atoms with Gasteiger partial charge in [0.2, 0.25) is 11.8 Å². The van der Waals surface area contributed by atoms with Gasteiger partial charge in [0.05, 0.1) is 0 Å². The molecule has 0 spiro atoms. The Morgan fingerprint density at radius 2 is 1.67 bits per heavy atom. The number of nitrogens with two attached hydrogens (primary N) is 1. The van der Waals surface area contributed by atoms with Crippen LogP contribution < -0.4 is 5.73 Å². The van der Waals surface area contributed by atoms with E-state index in [0.717, 1.165) is 51.9 Å². The van der Waals surface area contributed by atoms with Crippen molar-refractivity contribution in [1.29, 1.82) is 0 Å². The third-order valence-electron chi connectivity index (χ3n) is 4.76. The smallest absolute Gasteiger partial charge is 0.222 e. The van der Waals surface area contributed by atoms with Gasteiger partial charge in [-0.15, -0.1) is 12.4 Å². The zero-order valence-corrected chi connectivity index (χ0v) is 16.4. The van der Waals surface area contributed by atoms with Crippen LogP contribution in [-0.4, -0.2) is 53.8 Å². The monoisotopic (exact) mass is 361 g/mol. The molecule has 2 N–H and O–H groups in total. The highest BCUT2D eigenvalue weighted by molar-refractivity contribution is 5.85. The van der Waals surface area contributed by atoms with E-state index in [9.17, 15) is 9.59 Å². The molecule has 1 aliphatic rings. The highest BCUT2D eigenvalue weighted by Crippen LogP contribution is 2.20. The minimum atomic E-state index is 0. The molecule has 0 aliphatic carbocycles. The molecule has 5 nitrogen and oxygen atoms in total. The Morgan fingerprint density at radius 3 is 2.12 bits per heavy atom. The minimum Gasteiger partial charge on any atom is -0.343 e. The molecule has 1 rings (SSSR count). The van der Waals surface area contributed by atoms with Crippen molar-refractivity contribution in [2.24, 2.45) is 11.7 Å². The van der Waals surface area contributed by atoms with Crippen molar-refractivity contribution in [3.05, 3.63) is 0 Å². The van der Waals surface area contributed by atoms with E-state index in [4.69, 9.17) is 5.73 Å². The van der Waals surface area contributed by atoms with Crippen LogP contribution in [0.3, 0.4) is 0 Å². The number of piperidine rings is 1. The molecule has 0 aromatic carbocycles. The van der Waals surface area contributed by atoms with Gasteiger partial charge in [-0.25, -0.2) is 0 Å². The Kier molecular flexibility index (Phi) is 12.1. The van der Waals surface area contributed by atoms with Crippen molar-refractivity contribution in [1.82, 2.24) is 9.80 Å². The third kappa shape index (κ3) is 7.84. The molecule has 1 unspecified atom stereocenters. The summed E-state index contributed by atoms with van der Waals surface area (Å²) in [6, 6.07) is 0.216. The molecule has 1 aliphatic heterocycles. The maximum Gasteiger partial charge on any atom is 0.222 e. The standard InChI is InChI=1S/C18H35N3O2.ClH/c1-4-11-20(12-5-2)17(22)7-6-8-18(23)21-13-9-16(10-14-21)15(3)19;/h15-16H,4-14,19H2,1-3H3;1H. The molecular formula is C18H36ClN3O2. The summed E-state index contributed by atoms with van der Waals surface area (Å²) in [5.74, 6) is 0.924. The normalized spacial score (nSPS) is 16.4. The minimum absolute atomic E-state index is 0. The molecule has 0 bridgehead atoms. The Morgan fingerprint density at radius 1 is 1.12 bits per heavy atom. The van der Waals surface area contributed by atoms with Crippen LogP contribution in [-0.2, 0) is 9.59 Å². The molecule has 2 amide bonds. The average molecular weight is 362 g/mol. The van der Waals surface area contributed by atoms with Gasteiger partial charge >= 0.3 is 0 Å². The maximum absolute atomic E-state index is 12.2. The van der Waals surface area contributed by atoms with Crippen LogP contribution in [0.1, 0.15) is 65.7 Å². The van der Waals surface area contributed by atoms with Gasteiger partial charge in [-0.1, -0.05) is 13.8 Å². The predicted octanol–water partition coefficient (Wildman–Crippen LogP) is 2.81. The lowest BCUT2D eigenvalue weighted by Crippen LogP contribution is -2.42. The maximum atomic E-state index is 12.2. The Hall–Kier alpha value is -0.810. The van der Waals surface area contributed by atoms with Gasteiger partial charge in [0, 0.05) is 45.1 Å². The van der Waals surface area contributed by atoms with Gasteiger partial charge in [-0.05, 0) is 44.9 Å². The molecule has 0 radical (unpaired) electrons. The Labute approximate surface area is 153 Å². The molecule has 0 saturated carbocycles. The van der Waals surface area contributed by atoms with Gasteiger partial charge in [0.25, 0.3) is 0 Å². The van der Waals surface area contributed by atoms with E-state index in [1.54, 1.807) is 0 Å². The molecule has 6 heteroatoms. The number of carbonyl (C=O) groups excluding carboxylic acids is 2. The van der Waals surface area contributed by atoms with Gasteiger partial charge in [0.15, 0.2) is 0 Å². The number of amides is 2. The lowest BCUT2D eigenvalue weighted by atomic mass is 9.91. The summed E-state index contributed by atoms with van der Waals surface area (Å²) >= 11 is 0. The molecule has 1 saturated heterocycles. The first-order chi connectivity index (χ1) is 11.0. The molecule has 142 valence electrons. The topological polar surface area (TPSA) is 66.6 Å². The lowest BCUT2D eigenvalue weighted by molar-refractivity contribution is -0.133. The third-order valence-corrected chi connectivity index (χ3v) is 4.76. The number of hydrogen-bond donors (Lipinski definition) is 1. The summed E-state index contributed by atoms with van der Waals surface area (Å²) in [7, 11) is 0. The summed E-state index contributed by atoms with van der Waals surface area (Å²) in [4.78, 5) is 28.3. The van der Waals surface area contributed by atoms with E-state index in [1.165, 1.54) is 0 Å². The van der Waals surface area contributed by atoms with E-state index in [-0.39, 0.29) is 30.3 Å². The highest BCUT2D eigenvalue weighted by Gasteiger charge is 2.24. The SMILES string of the molecule is CCCN(CCC)C(=O)CCCC(=O)N1CCC(C(C)N)CC1.Cl. The van der Waals surface area contributed by atoms with Crippen LogP contribution in [0.4, 0.5) is 0 Å². The quantitative estimate of drug-likeness (QED) is 0.686. The second-order valence-electron chi connectivity index (χ2n) is 6.81. The van der Waals surface area contributed by atoms with E-state index in [0.29, 0.717) is 25.2 Å². The number of likely N-dealkylation sites (tertiary alicyclic amines) is 1. The van der Waals surface area contributed by atoms with Crippen LogP contribution in [0.2, 0.25) is 0 Å². The van der Waals surface area contributed by atoms with Gasteiger partial charge in [-0.2, -0.15) is 0 Å². The highest BCUT2D eigenvalue weighted by atomic mass is 35.5. The van der Waals surface area contributed by atoms with Crippen molar-refractivity contribution in [3.63, 3.8) is 0 Å². The largest absolute Gasteiger partial charge is 0.343 e. The van der Waals surface area contributed by atoms with Crippen LogP contribution in [0.15, 0.2) is 0 Å². The van der Waals surface area contributed by atoms with Crippen molar-refractivity contribution in [2.45, 2.75) is 71.8 Å². The molecule has 0 aromatic heterocycles. The number of nitrogens with zero attached hydrogens (tertiary/aromatic N) is 2. The van der Waals surface area contributed by atoms with Crippen molar-refractivity contribution in [2.75, 3.05) is 26.2 Å². The van der Waals surface area contributed by atoms with Gasteiger partial charge in [-0.3, -0.25) is 9.59 Å². The molecule has 1 atom stereocenters. The fourth-order valence-corrected chi connectivity index (χ4v) is 3.28. The van der Waals surface area contributed by atoms with E-state index >= 15 is 0 Å². The summed E-state index contributed by atoms with van der Waals surface area (Å²) in [6.07, 6.45) is 5.61. The van der Waals surface area contributed by atoms with Crippen molar-refractivity contribution < 1.29 is 9.59 Å². The second-order valence-corrected chi connectivity index (χ2v) is 6.81. The van der Waals surface area contributed by atoms with Crippen molar-refractivity contribution >= 4 is 24.2 Å². The number of rotatable bonds is 9. The fourth-order valence-electron chi connectivity index (χ4n) is 3.28.